The molecule has 6 heteroatoms. The molecule has 0 aliphatic carbocycles. The van der Waals surface area contributed by atoms with E-state index in [0.29, 0.717) is 29.5 Å². The number of anilines is 1. The number of aromatic nitrogens is 4. The molecule has 0 saturated carbocycles. The highest BCUT2D eigenvalue weighted by Gasteiger charge is 2.11. The fourth-order valence-corrected chi connectivity index (χ4v) is 1.71. The summed E-state index contributed by atoms with van der Waals surface area (Å²) in [6.45, 7) is 0. The fourth-order valence-electron chi connectivity index (χ4n) is 1.71. The molecule has 0 aliphatic heterocycles. The molecule has 6 nitrogen and oxygen atoms in total. The predicted octanol–water partition coefficient (Wildman–Crippen LogP) is 1.70. The average molecular weight is 253 g/mol. The van der Waals surface area contributed by atoms with Crippen LogP contribution in [-0.2, 0) is 6.42 Å². The maximum absolute atomic E-state index is 5.88. The summed E-state index contributed by atoms with van der Waals surface area (Å²) in [5.41, 5.74) is 8.18. The first kappa shape index (κ1) is 11.3. The summed E-state index contributed by atoms with van der Waals surface area (Å²) >= 11 is 0. The lowest BCUT2D eigenvalue weighted by Crippen LogP contribution is -1.95. The number of benzene rings is 1. The zero-order chi connectivity index (χ0) is 13.1. The lowest BCUT2D eigenvalue weighted by atomic mass is 10.1. The second-order valence-electron chi connectivity index (χ2n) is 3.98. The molecule has 0 saturated heterocycles. The van der Waals surface area contributed by atoms with Crippen molar-refractivity contribution >= 4 is 5.69 Å². The van der Waals surface area contributed by atoms with Crippen molar-refractivity contribution in [1.29, 1.82) is 0 Å². The Balaban J connectivity index is 1.85. The van der Waals surface area contributed by atoms with E-state index in [0.717, 1.165) is 5.56 Å². The third-order valence-electron chi connectivity index (χ3n) is 2.68. The molecule has 1 aromatic carbocycles. The Labute approximate surface area is 109 Å². The molecule has 3 aromatic rings. The molecule has 0 bridgehead atoms. The van der Waals surface area contributed by atoms with Gasteiger partial charge in [0.25, 0.3) is 0 Å². The number of nitrogen functional groups attached to an aromatic ring is 1. The van der Waals surface area contributed by atoms with E-state index in [-0.39, 0.29) is 0 Å². The van der Waals surface area contributed by atoms with E-state index in [1.54, 1.807) is 12.3 Å². The van der Waals surface area contributed by atoms with Crippen molar-refractivity contribution in [2.45, 2.75) is 6.42 Å². The zero-order valence-electron chi connectivity index (χ0n) is 10.0. The highest BCUT2D eigenvalue weighted by molar-refractivity contribution is 5.49. The molecule has 2 aromatic heterocycles. The number of nitrogens with zero attached hydrogens (tertiary/aromatic N) is 4. The summed E-state index contributed by atoms with van der Waals surface area (Å²) in [4.78, 5) is 12.2. The second-order valence-corrected chi connectivity index (χ2v) is 3.98. The van der Waals surface area contributed by atoms with Gasteiger partial charge in [-0.25, -0.2) is 9.97 Å². The van der Waals surface area contributed by atoms with Crippen LogP contribution in [-0.4, -0.2) is 20.1 Å². The van der Waals surface area contributed by atoms with Crippen molar-refractivity contribution in [3.63, 3.8) is 0 Å². The van der Waals surface area contributed by atoms with E-state index < -0.39 is 0 Å². The minimum absolute atomic E-state index is 0.451. The third kappa shape index (κ3) is 2.42. The number of rotatable bonds is 3. The Hall–Kier alpha value is -2.76. The molecule has 2 N–H and O–H groups in total. The number of hydrogen-bond donors (Lipinski definition) is 1. The van der Waals surface area contributed by atoms with Gasteiger partial charge in [0.2, 0.25) is 11.7 Å². The summed E-state index contributed by atoms with van der Waals surface area (Å²) < 4.78 is 5.20. The zero-order valence-corrected chi connectivity index (χ0v) is 10.0. The van der Waals surface area contributed by atoms with Crippen LogP contribution in [0.4, 0.5) is 5.69 Å². The normalized spacial score (nSPS) is 10.5. The summed E-state index contributed by atoms with van der Waals surface area (Å²) in [7, 11) is 0. The lowest BCUT2D eigenvalue weighted by molar-refractivity contribution is 0.385. The standard InChI is InChI=1S/C13H11N5O/c14-10-4-2-1-3-9(10)7-12-17-13(18-19-12)11-5-6-15-8-16-11/h1-6,8H,7,14H2. The molecular formula is C13H11N5O. The van der Waals surface area contributed by atoms with Crippen molar-refractivity contribution in [2.75, 3.05) is 5.73 Å². The molecule has 94 valence electrons. The summed E-state index contributed by atoms with van der Waals surface area (Å²) in [5, 5.41) is 3.90. The van der Waals surface area contributed by atoms with Crippen LogP contribution in [0.5, 0.6) is 0 Å². The first-order chi connectivity index (χ1) is 9.33. The smallest absolute Gasteiger partial charge is 0.231 e. The minimum Gasteiger partial charge on any atom is -0.398 e. The molecule has 0 radical (unpaired) electrons. The minimum atomic E-state index is 0.451. The molecule has 0 unspecified atom stereocenters. The van der Waals surface area contributed by atoms with Gasteiger partial charge in [-0.2, -0.15) is 4.98 Å². The number of hydrogen-bond acceptors (Lipinski definition) is 6. The van der Waals surface area contributed by atoms with Gasteiger partial charge in [-0.3, -0.25) is 0 Å². The summed E-state index contributed by atoms with van der Waals surface area (Å²) in [6.07, 6.45) is 3.58. The van der Waals surface area contributed by atoms with Gasteiger partial charge in [0, 0.05) is 11.9 Å². The maximum atomic E-state index is 5.88. The first-order valence-corrected chi connectivity index (χ1v) is 5.75. The van der Waals surface area contributed by atoms with E-state index >= 15 is 0 Å². The Bertz CT molecular complexity index is 680. The Morgan fingerprint density at radius 1 is 1.16 bits per heavy atom. The van der Waals surface area contributed by atoms with E-state index in [1.807, 2.05) is 24.3 Å². The predicted molar refractivity (Wildman–Crippen MR) is 69.0 cm³/mol. The number of para-hydroxylation sites is 1. The van der Waals surface area contributed by atoms with Gasteiger partial charge in [0.15, 0.2) is 0 Å². The van der Waals surface area contributed by atoms with Gasteiger partial charge in [-0.1, -0.05) is 23.4 Å². The van der Waals surface area contributed by atoms with Crippen molar-refractivity contribution in [1.82, 2.24) is 20.1 Å². The Kier molecular flexibility index (Phi) is 2.89. The molecule has 0 amide bonds. The largest absolute Gasteiger partial charge is 0.398 e. The SMILES string of the molecule is Nc1ccccc1Cc1nc(-c2ccncn2)no1. The van der Waals surface area contributed by atoms with Gasteiger partial charge in [-0.15, -0.1) is 0 Å². The second kappa shape index (κ2) is 4.85. The molecule has 0 aliphatic rings. The molecule has 2 heterocycles. The molecule has 0 fully saturated rings. The van der Waals surface area contributed by atoms with Gasteiger partial charge in [0.05, 0.1) is 6.42 Å². The van der Waals surface area contributed by atoms with Crippen molar-refractivity contribution < 1.29 is 4.52 Å². The monoisotopic (exact) mass is 253 g/mol. The number of nitrogens with two attached hydrogens (primary N) is 1. The van der Waals surface area contributed by atoms with Gasteiger partial charge in [-0.05, 0) is 17.7 Å². The molecule has 19 heavy (non-hydrogen) atoms. The summed E-state index contributed by atoms with van der Waals surface area (Å²) in [6, 6.07) is 9.32. The maximum Gasteiger partial charge on any atom is 0.231 e. The van der Waals surface area contributed by atoms with Gasteiger partial charge < -0.3 is 10.3 Å². The topological polar surface area (TPSA) is 90.7 Å². The van der Waals surface area contributed by atoms with Gasteiger partial charge >= 0.3 is 0 Å². The van der Waals surface area contributed by atoms with Crippen LogP contribution < -0.4 is 5.73 Å². The lowest BCUT2D eigenvalue weighted by Gasteiger charge is -2.00. The Morgan fingerprint density at radius 3 is 2.84 bits per heavy atom. The van der Waals surface area contributed by atoms with Crippen molar-refractivity contribution in [2.24, 2.45) is 0 Å². The first-order valence-electron chi connectivity index (χ1n) is 5.75. The van der Waals surface area contributed by atoms with E-state index in [4.69, 9.17) is 10.3 Å². The third-order valence-corrected chi connectivity index (χ3v) is 2.68. The van der Waals surface area contributed by atoms with Crippen molar-refractivity contribution in [3.8, 4) is 11.5 Å². The highest BCUT2D eigenvalue weighted by atomic mass is 16.5. The van der Waals surface area contributed by atoms with Crippen LogP contribution in [0.25, 0.3) is 11.5 Å². The average Bonchev–Trinajstić information content (AvgIpc) is 2.91. The molecular weight excluding hydrogens is 242 g/mol. The van der Waals surface area contributed by atoms with E-state index in [9.17, 15) is 0 Å². The van der Waals surface area contributed by atoms with Crippen LogP contribution in [0.15, 0.2) is 47.4 Å². The van der Waals surface area contributed by atoms with E-state index in [2.05, 4.69) is 20.1 Å². The molecule has 0 atom stereocenters. The molecule has 3 rings (SSSR count). The Morgan fingerprint density at radius 2 is 2.05 bits per heavy atom. The summed E-state index contributed by atoms with van der Waals surface area (Å²) in [5.74, 6) is 0.957. The van der Waals surface area contributed by atoms with Crippen LogP contribution in [0.3, 0.4) is 0 Å². The highest BCUT2D eigenvalue weighted by Crippen LogP contribution is 2.17. The van der Waals surface area contributed by atoms with Crippen LogP contribution >= 0.6 is 0 Å². The quantitative estimate of drug-likeness (QED) is 0.714. The van der Waals surface area contributed by atoms with Gasteiger partial charge in [0.1, 0.15) is 12.0 Å². The van der Waals surface area contributed by atoms with Crippen LogP contribution in [0, 0.1) is 0 Å². The van der Waals surface area contributed by atoms with E-state index in [1.165, 1.54) is 6.33 Å². The van der Waals surface area contributed by atoms with Crippen molar-refractivity contribution in [3.05, 3.63) is 54.3 Å². The van der Waals surface area contributed by atoms with Crippen LogP contribution in [0.2, 0.25) is 0 Å². The van der Waals surface area contributed by atoms with Crippen LogP contribution in [0.1, 0.15) is 11.5 Å². The fraction of sp³-hybridized carbons (Fsp3) is 0.0769. The molecule has 0 spiro atoms.